The molecule has 6 nitrogen and oxygen atoms in total. The first-order chi connectivity index (χ1) is 14.0. The minimum Gasteiger partial charge on any atom is -0.352 e. The normalized spacial score (nSPS) is 15.3. The van der Waals surface area contributed by atoms with E-state index in [-0.39, 0.29) is 29.8 Å². The number of rotatable bonds is 6. The second kappa shape index (κ2) is 11.6. The highest BCUT2D eigenvalue weighted by Gasteiger charge is 2.25. The van der Waals surface area contributed by atoms with Gasteiger partial charge < -0.3 is 10.6 Å². The van der Waals surface area contributed by atoms with Gasteiger partial charge in [0.2, 0.25) is 10.0 Å². The summed E-state index contributed by atoms with van der Waals surface area (Å²) in [5.74, 6) is 0.239. The minimum absolute atomic E-state index is 0. The highest BCUT2D eigenvalue weighted by Crippen LogP contribution is 2.21. The lowest BCUT2D eigenvalue weighted by Gasteiger charge is -2.26. The molecule has 1 fully saturated rings. The summed E-state index contributed by atoms with van der Waals surface area (Å²) in [7, 11) is -1.83. The van der Waals surface area contributed by atoms with E-state index >= 15 is 0 Å². The van der Waals surface area contributed by atoms with Gasteiger partial charge >= 0.3 is 0 Å². The molecule has 0 aliphatic carbocycles. The van der Waals surface area contributed by atoms with Crippen molar-refractivity contribution in [2.24, 2.45) is 4.99 Å². The Balaban J connectivity index is 0.00000320. The average Bonchev–Trinajstić information content (AvgIpc) is 2.76. The fourth-order valence-corrected chi connectivity index (χ4v) is 4.89. The Morgan fingerprint density at radius 3 is 2.43 bits per heavy atom. The monoisotopic (exact) mass is 546 g/mol. The van der Waals surface area contributed by atoms with Gasteiger partial charge in [0.15, 0.2) is 5.96 Å². The van der Waals surface area contributed by atoms with Crippen LogP contribution in [0.2, 0.25) is 0 Å². The summed E-state index contributed by atoms with van der Waals surface area (Å²) in [6.45, 7) is 1.87. The van der Waals surface area contributed by atoms with Crippen LogP contribution in [0.4, 0.5) is 4.39 Å². The van der Waals surface area contributed by atoms with E-state index in [1.807, 2.05) is 6.07 Å². The van der Waals surface area contributed by atoms with Crippen LogP contribution in [0.25, 0.3) is 0 Å². The number of hydrogen-bond acceptors (Lipinski definition) is 3. The smallest absolute Gasteiger partial charge is 0.243 e. The average molecular weight is 546 g/mol. The predicted octanol–water partition coefficient (Wildman–Crippen LogP) is 3.48. The van der Waals surface area contributed by atoms with Crippen LogP contribution in [0, 0.1) is 5.82 Å². The molecular weight excluding hydrogens is 518 g/mol. The maximum Gasteiger partial charge on any atom is 0.243 e. The summed E-state index contributed by atoms with van der Waals surface area (Å²) in [5, 5.41) is 6.21. The molecule has 0 unspecified atom stereocenters. The fourth-order valence-electron chi connectivity index (χ4n) is 3.30. The van der Waals surface area contributed by atoms with Gasteiger partial charge in [-0.25, -0.2) is 12.8 Å². The van der Waals surface area contributed by atoms with Crippen LogP contribution in [-0.2, 0) is 23.1 Å². The Hall–Kier alpha value is -1.72. The summed E-state index contributed by atoms with van der Waals surface area (Å²) in [4.78, 5) is 4.45. The first-order valence-corrected chi connectivity index (χ1v) is 11.2. The quantitative estimate of drug-likeness (QED) is 0.331. The summed E-state index contributed by atoms with van der Waals surface area (Å²) in [6, 6.07) is 13.5. The molecule has 2 N–H and O–H groups in total. The van der Waals surface area contributed by atoms with Crippen molar-refractivity contribution in [3.8, 4) is 0 Å². The number of aliphatic imine (C=N–C) groups is 1. The number of sulfonamides is 1. The van der Waals surface area contributed by atoms with Crippen molar-refractivity contribution in [3.05, 3.63) is 65.5 Å². The highest BCUT2D eigenvalue weighted by molar-refractivity contribution is 14.0. The molecule has 9 heteroatoms. The van der Waals surface area contributed by atoms with Gasteiger partial charge in [-0.3, -0.25) is 4.99 Å². The van der Waals surface area contributed by atoms with Gasteiger partial charge in [-0.2, -0.15) is 4.31 Å². The van der Waals surface area contributed by atoms with Gasteiger partial charge in [-0.1, -0.05) is 36.8 Å². The molecule has 3 rings (SSSR count). The van der Waals surface area contributed by atoms with Gasteiger partial charge in [-0.05, 0) is 36.6 Å². The van der Waals surface area contributed by atoms with Gasteiger partial charge in [0.05, 0.1) is 4.90 Å². The molecule has 1 saturated heterocycles. The number of guanidine groups is 1. The first kappa shape index (κ1) is 24.5. The first-order valence-electron chi connectivity index (χ1n) is 9.78. The Morgan fingerprint density at radius 2 is 1.73 bits per heavy atom. The van der Waals surface area contributed by atoms with Crippen LogP contribution in [0.15, 0.2) is 58.4 Å². The largest absolute Gasteiger partial charge is 0.352 e. The Labute approximate surface area is 195 Å². The topological polar surface area (TPSA) is 73.8 Å². The highest BCUT2D eigenvalue weighted by atomic mass is 127. The molecule has 1 aliphatic heterocycles. The molecule has 164 valence electrons. The molecule has 30 heavy (non-hydrogen) atoms. The predicted molar refractivity (Wildman–Crippen MR) is 128 cm³/mol. The number of hydrogen-bond donors (Lipinski definition) is 2. The van der Waals surface area contributed by atoms with Crippen molar-refractivity contribution >= 4 is 40.0 Å². The molecule has 0 spiro atoms. The minimum atomic E-state index is -3.46. The number of nitrogens with zero attached hydrogens (tertiary/aromatic N) is 2. The van der Waals surface area contributed by atoms with Crippen molar-refractivity contribution in [1.29, 1.82) is 0 Å². The fraction of sp³-hybridized carbons (Fsp3) is 0.381. The van der Waals surface area contributed by atoms with Gasteiger partial charge in [0.1, 0.15) is 5.82 Å². The Morgan fingerprint density at radius 1 is 1.03 bits per heavy atom. The van der Waals surface area contributed by atoms with Crippen LogP contribution in [0.1, 0.15) is 30.4 Å². The standard InChI is InChI=1S/C21H27FN4O2S.HI/c1-23-21(25-16-18-9-3-4-11-20(18)22)24-15-17-8-7-10-19(14-17)29(27,28)26-12-5-2-6-13-26;/h3-4,7-11,14H,2,5-6,12-13,15-16H2,1H3,(H2,23,24,25);1H. The Kier molecular flexibility index (Phi) is 9.50. The number of halogens is 2. The molecule has 2 aromatic carbocycles. The van der Waals surface area contributed by atoms with Gasteiger partial charge in [0.25, 0.3) is 0 Å². The zero-order chi connectivity index (χ0) is 20.7. The SMILES string of the molecule is CN=C(NCc1cccc(S(=O)(=O)N2CCCCC2)c1)NCc1ccccc1F.I. The lowest BCUT2D eigenvalue weighted by molar-refractivity contribution is 0.346. The lowest BCUT2D eigenvalue weighted by Crippen LogP contribution is -2.37. The zero-order valence-electron chi connectivity index (χ0n) is 17.0. The van der Waals surface area contributed by atoms with Crippen LogP contribution in [0.5, 0.6) is 0 Å². The molecule has 1 aliphatic rings. The molecule has 0 amide bonds. The van der Waals surface area contributed by atoms with E-state index in [0.717, 1.165) is 24.8 Å². The van der Waals surface area contributed by atoms with Crippen LogP contribution in [0.3, 0.4) is 0 Å². The zero-order valence-corrected chi connectivity index (χ0v) is 20.1. The summed E-state index contributed by atoms with van der Waals surface area (Å²) in [5.41, 5.74) is 1.38. The van der Waals surface area contributed by atoms with Crippen LogP contribution in [-0.4, -0.2) is 38.8 Å². The van der Waals surface area contributed by atoms with Crippen molar-refractivity contribution in [1.82, 2.24) is 14.9 Å². The van der Waals surface area contributed by atoms with E-state index in [1.165, 1.54) is 6.07 Å². The number of nitrogens with one attached hydrogen (secondary N) is 2. The maximum absolute atomic E-state index is 13.7. The summed E-state index contributed by atoms with van der Waals surface area (Å²) >= 11 is 0. The summed E-state index contributed by atoms with van der Waals surface area (Å²) < 4.78 is 41.0. The number of benzene rings is 2. The number of piperidine rings is 1. The second-order valence-corrected chi connectivity index (χ2v) is 8.92. The molecule has 0 radical (unpaired) electrons. The van der Waals surface area contributed by atoms with Crippen LogP contribution >= 0.6 is 24.0 Å². The molecule has 0 saturated carbocycles. The van der Waals surface area contributed by atoms with Crippen LogP contribution < -0.4 is 10.6 Å². The van der Waals surface area contributed by atoms with Gasteiger partial charge in [-0.15, -0.1) is 24.0 Å². The van der Waals surface area contributed by atoms with Crippen molar-refractivity contribution in [3.63, 3.8) is 0 Å². The molecule has 2 aromatic rings. The molecular formula is C21H28FIN4O2S. The van der Waals surface area contributed by atoms with E-state index in [1.54, 1.807) is 47.8 Å². The maximum atomic E-state index is 13.7. The van der Waals surface area contributed by atoms with Crippen molar-refractivity contribution in [2.75, 3.05) is 20.1 Å². The van der Waals surface area contributed by atoms with E-state index in [2.05, 4.69) is 15.6 Å². The second-order valence-electron chi connectivity index (χ2n) is 6.98. The molecule has 0 aromatic heterocycles. The van der Waals surface area contributed by atoms with Crippen molar-refractivity contribution < 1.29 is 12.8 Å². The molecule has 0 atom stereocenters. The molecule has 0 bridgehead atoms. The summed E-state index contributed by atoms with van der Waals surface area (Å²) in [6.07, 6.45) is 2.89. The van der Waals surface area contributed by atoms with E-state index in [9.17, 15) is 12.8 Å². The third kappa shape index (κ3) is 6.39. The van der Waals surface area contributed by atoms with Gasteiger partial charge in [0, 0.05) is 38.8 Å². The molecule has 1 heterocycles. The van der Waals surface area contributed by atoms with E-state index in [0.29, 0.717) is 42.6 Å². The third-order valence-corrected chi connectivity index (χ3v) is 6.83. The lowest BCUT2D eigenvalue weighted by atomic mass is 10.2. The van der Waals surface area contributed by atoms with Crippen molar-refractivity contribution in [2.45, 2.75) is 37.2 Å². The van der Waals surface area contributed by atoms with E-state index < -0.39 is 10.0 Å². The third-order valence-electron chi connectivity index (χ3n) is 4.94. The Bertz CT molecular complexity index is 963. The van der Waals surface area contributed by atoms with E-state index in [4.69, 9.17) is 0 Å².